The van der Waals surface area contributed by atoms with Crippen molar-refractivity contribution in [1.29, 1.82) is 0 Å². The van der Waals surface area contributed by atoms with Gasteiger partial charge in [0, 0.05) is 25.2 Å². The van der Waals surface area contributed by atoms with Gasteiger partial charge in [-0.15, -0.1) is 0 Å². The number of amides is 2. The zero-order valence-electron chi connectivity index (χ0n) is 17.9. The topological polar surface area (TPSA) is 66.9 Å². The van der Waals surface area contributed by atoms with E-state index in [0.717, 1.165) is 31.2 Å². The minimum atomic E-state index is -0.600. The SMILES string of the molecule is CCOC(=O)C1CCN(C(=O)CN(C)C(=O)C2(c3cccc(Cl)c3)CCCC2)CC1. The van der Waals surface area contributed by atoms with E-state index in [1.54, 1.807) is 23.8 Å². The number of carbonyl (C=O) groups excluding carboxylic acids is 3. The second kappa shape index (κ2) is 9.82. The highest BCUT2D eigenvalue weighted by molar-refractivity contribution is 6.30. The number of benzene rings is 1. The fourth-order valence-corrected chi connectivity index (χ4v) is 4.95. The van der Waals surface area contributed by atoms with Crippen molar-refractivity contribution in [3.8, 4) is 0 Å². The Morgan fingerprint density at radius 1 is 1.20 bits per heavy atom. The molecule has 0 spiro atoms. The van der Waals surface area contributed by atoms with E-state index in [-0.39, 0.29) is 30.2 Å². The zero-order chi connectivity index (χ0) is 21.7. The lowest BCUT2D eigenvalue weighted by atomic mass is 9.77. The van der Waals surface area contributed by atoms with Gasteiger partial charge in [0.1, 0.15) is 0 Å². The van der Waals surface area contributed by atoms with E-state index >= 15 is 0 Å². The van der Waals surface area contributed by atoms with Crippen LogP contribution >= 0.6 is 11.6 Å². The van der Waals surface area contributed by atoms with E-state index in [2.05, 4.69) is 0 Å². The van der Waals surface area contributed by atoms with Gasteiger partial charge < -0.3 is 14.5 Å². The Kier molecular flexibility index (Phi) is 7.40. The third kappa shape index (κ3) is 4.80. The van der Waals surface area contributed by atoms with Crippen molar-refractivity contribution in [1.82, 2.24) is 9.80 Å². The van der Waals surface area contributed by atoms with Crippen molar-refractivity contribution in [3.63, 3.8) is 0 Å². The molecule has 7 heteroatoms. The second-order valence-electron chi connectivity index (χ2n) is 8.37. The van der Waals surface area contributed by atoms with E-state index in [1.165, 1.54) is 0 Å². The molecule has 30 heavy (non-hydrogen) atoms. The summed E-state index contributed by atoms with van der Waals surface area (Å²) in [6.07, 6.45) is 4.73. The quantitative estimate of drug-likeness (QED) is 0.643. The van der Waals surface area contributed by atoms with Gasteiger partial charge in [0.25, 0.3) is 0 Å². The molecule has 164 valence electrons. The van der Waals surface area contributed by atoms with Gasteiger partial charge in [-0.3, -0.25) is 14.4 Å². The van der Waals surface area contributed by atoms with Gasteiger partial charge in [-0.05, 0) is 50.3 Å². The predicted molar refractivity (Wildman–Crippen MR) is 115 cm³/mol. The number of hydrogen-bond donors (Lipinski definition) is 0. The van der Waals surface area contributed by atoms with Gasteiger partial charge in [0.2, 0.25) is 11.8 Å². The van der Waals surface area contributed by atoms with Crippen molar-refractivity contribution in [2.45, 2.75) is 50.9 Å². The number of esters is 1. The Morgan fingerprint density at radius 3 is 2.47 bits per heavy atom. The lowest BCUT2D eigenvalue weighted by Crippen LogP contribution is -2.49. The molecule has 1 aliphatic carbocycles. The zero-order valence-corrected chi connectivity index (χ0v) is 18.6. The van der Waals surface area contributed by atoms with Crippen molar-refractivity contribution in [2.24, 2.45) is 5.92 Å². The number of likely N-dealkylation sites (N-methyl/N-ethyl adjacent to an activating group) is 1. The molecule has 0 radical (unpaired) electrons. The Bertz CT molecular complexity index is 783. The summed E-state index contributed by atoms with van der Waals surface area (Å²) in [5, 5.41) is 0.620. The van der Waals surface area contributed by atoms with Gasteiger partial charge in [-0.25, -0.2) is 0 Å². The lowest BCUT2D eigenvalue weighted by molar-refractivity contribution is -0.151. The highest BCUT2D eigenvalue weighted by Gasteiger charge is 2.44. The lowest BCUT2D eigenvalue weighted by Gasteiger charge is -2.35. The van der Waals surface area contributed by atoms with Gasteiger partial charge in [-0.1, -0.05) is 36.6 Å². The molecule has 0 N–H and O–H groups in total. The van der Waals surface area contributed by atoms with Crippen LogP contribution in [0.15, 0.2) is 24.3 Å². The maximum atomic E-state index is 13.5. The summed E-state index contributed by atoms with van der Waals surface area (Å²) in [4.78, 5) is 41.5. The Morgan fingerprint density at radius 2 is 1.87 bits per heavy atom. The minimum absolute atomic E-state index is 0.0166. The molecule has 6 nitrogen and oxygen atoms in total. The maximum Gasteiger partial charge on any atom is 0.309 e. The average molecular weight is 435 g/mol. The summed E-state index contributed by atoms with van der Waals surface area (Å²) in [7, 11) is 1.70. The Labute approximate surface area is 183 Å². The third-order valence-electron chi connectivity index (χ3n) is 6.43. The fourth-order valence-electron chi connectivity index (χ4n) is 4.76. The molecule has 1 aromatic carbocycles. The van der Waals surface area contributed by atoms with E-state index in [1.807, 2.05) is 24.3 Å². The standard InChI is InChI=1S/C23H31ClN2O4/c1-3-30-21(28)17-9-13-26(14-10-17)20(27)16-25(2)22(29)23(11-4-5-12-23)18-7-6-8-19(24)15-18/h6-8,15,17H,3-5,9-14,16H2,1-2H3. The third-order valence-corrected chi connectivity index (χ3v) is 6.67. The van der Waals surface area contributed by atoms with E-state index in [0.29, 0.717) is 37.6 Å². The molecule has 1 aliphatic heterocycles. The van der Waals surface area contributed by atoms with Crippen LogP contribution in [0.4, 0.5) is 0 Å². The van der Waals surface area contributed by atoms with Gasteiger partial charge >= 0.3 is 5.97 Å². The van der Waals surface area contributed by atoms with Crippen LogP contribution in [0.1, 0.15) is 51.0 Å². The maximum absolute atomic E-state index is 13.5. The van der Waals surface area contributed by atoms with Crippen LogP contribution in [0.2, 0.25) is 5.02 Å². The summed E-state index contributed by atoms with van der Waals surface area (Å²) < 4.78 is 5.09. The molecule has 3 rings (SSSR count). The first-order chi connectivity index (χ1) is 14.4. The number of ether oxygens (including phenoxy) is 1. The van der Waals surface area contributed by atoms with Crippen LogP contribution in [0.3, 0.4) is 0 Å². The summed E-state index contributed by atoms with van der Waals surface area (Å²) in [6.45, 7) is 3.25. The number of halogens is 1. The first-order valence-electron chi connectivity index (χ1n) is 10.8. The van der Waals surface area contributed by atoms with Crippen LogP contribution in [0.25, 0.3) is 0 Å². The normalized spacial score (nSPS) is 18.8. The van der Waals surface area contributed by atoms with E-state index < -0.39 is 5.41 Å². The van der Waals surface area contributed by atoms with Crippen molar-refractivity contribution >= 4 is 29.4 Å². The van der Waals surface area contributed by atoms with Crippen molar-refractivity contribution in [2.75, 3.05) is 33.3 Å². The van der Waals surface area contributed by atoms with Crippen LogP contribution in [-0.2, 0) is 24.5 Å². The molecule has 2 fully saturated rings. The number of carbonyl (C=O) groups is 3. The molecule has 2 amide bonds. The molecule has 2 aliphatic rings. The Balaban J connectivity index is 1.62. The number of hydrogen-bond acceptors (Lipinski definition) is 4. The molecular formula is C23H31ClN2O4. The minimum Gasteiger partial charge on any atom is -0.466 e. The fraction of sp³-hybridized carbons (Fsp3) is 0.609. The van der Waals surface area contributed by atoms with E-state index in [4.69, 9.17) is 16.3 Å². The second-order valence-corrected chi connectivity index (χ2v) is 8.80. The highest BCUT2D eigenvalue weighted by atomic mass is 35.5. The highest BCUT2D eigenvalue weighted by Crippen LogP contribution is 2.43. The van der Waals surface area contributed by atoms with Crippen LogP contribution < -0.4 is 0 Å². The smallest absolute Gasteiger partial charge is 0.309 e. The predicted octanol–water partition coefficient (Wildman–Crippen LogP) is 3.41. The molecule has 0 bridgehead atoms. The summed E-state index contributed by atoms with van der Waals surface area (Å²) in [5.74, 6) is -0.413. The van der Waals surface area contributed by atoms with Gasteiger partial charge in [-0.2, -0.15) is 0 Å². The van der Waals surface area contributed by atoms with Crippen LogP contribution in [0.5, 0.6) is 0 Å². The number of piperidine rings is 1. The molecule has 1 saturated heterocycles. The molecule has 1 aromatic rings. The van der Waals surface area contributed by atoms with Gasteiger partial charge in [0.15, 0.2) is 0 Å². The van der Waals surface area contributed by atoms with Crippen LogP contribution in [-0.4, -0.2) is 60.9 Å². The molecule has 1 saturated carbocycles. The summed E-state index contributed by atoms with van der Waals surface area (Å²) in [5.41, 5.74) is 0.337. The molecule has 1 heterocycles. The molecule has 0 atom stereocenters. The monoisotopic (exact) mass is 434 g/mol. The first-order valence-corrected chi connectivity index (χ1v) is 11.2. The van der Waals surface area contributed by atoms with Crippen molar-refractivity contribution < 1.29 is 19.1 Å². The number of rotatable bonds is 6. The van der Waals surface area contributed by atoms with Crippen molar-refractivity contribution in [3.05, 3.63) is 34.9 Å². The largest absolute Gasteiger partial charge is 0.466 e. The van der Waals surface area contributed by atoms with Gasteiger partial charge in [0.05, 0.1) is 24.5 Å². The molecule has 0 unspecified atom stereocenters. The first kappa shape index (κ1) is 22.6. The number of nitrogens with zero attached hydrogens (tertiary/aromatic N) is 2. The summed E-state index contributed by atoms with van der Waals surface area (Å²) >= 11 is 6.19. The molecular weight excluding hydrogens is 404 g/mol. The number of likely N-dealkylation sites (tertiary alicyclic amines) is 1. The average Bonchev–Trinajstić information content (AvgIpc) is 3.24. The summed E-state index contributed by atoms with van der Waals surface area (Å²) in [6, 6.07) is 7.53. The Hall–Kier alpha value is -2.08. The van der Waals surface area contributed by atoms with Crippen LogP contribution in [0, 0.1) is 5.92 Å². The molecule has 0 aromatic heterocycles. The van der Waals surface area contributed by atoms with E-state index in [9.17, 15) is 14.4 Å².